The number of carbonyl (C=O) groups excluding carboxylic acids is 1. The third-order valence-electron chi connectivity index (χ3n) is 4.93. The van der Waals surface area contributed by atoms with E-state index in [1.165, 1.54) is 18.4 Å². The second-order valence-electron chi connectivity index (χ2n) is 7.36. The van der Waals surface area contributed by atoms with Gasteiger partial charge in [-0.15, -0.1) is 0 Å². The van der Waals surface area contributed by atoms with Gasteiger partial charge in [0, 0.05) is 24.6 Å². The molecule has 0 spiro atoms. The number of hydrogen-bond donors (Lipinski definition) is 1. The van der Waals surface area contributed by atoms with E-state index in [1.807, 2.05) is 34.1 Å². The Labute approximate surface area is 177 Å². The molecule has 0 bridgehead atoms. The molecule has 1 N–H and O–H groups in total. The second kappa shape index (κ2) is 9.89. The van der Waals surface area contributed by atoms with Crippen LogP contribution in [0.25, 0.3) is 0 Å². The van der Waals surface area contributed by atoms with Gasteiger partial charge in [0.15, 0.2) is 0 Å². The van der Waals surface area contributed by atoms with Gasteiger partial charge in [0.1, 0.15) is 5.84 Å². The molecule has 0 saturated heterocycles. The van der Waals surface area contributed by atoms with Crippen LogP contribution in [0.5, 0.6) is 0 Å². The normalized spacial score (nSPS) is 14.2. The quantitative estimate of drug-likeness (QED) is 0.224. The molecule has 3 rings (SSSR count). The Balaban J connectivity index is 1.98. The number of aliphatic imine (C=N–C) groups is 1. The Morgan fingerprint density at radius 1 is 1.28 bits per heavy atom. The summed E-state index contributed by atoms with van der Waals surface area (Å²) in [4.78, 5) is 22.6. The van der Waals surface area contributed by atoms with Crippen LogP contribution in [0.4, 0.5) is 11.4 Å². The lowest BCUT2D eigenvalue weighted by atomic mass is 10.0. The van der Waals surface area contributed by atoms with Gasteiger partial charge < -0.3 is 10.2 Å². The van der Waals surface area contributed by atoms with E-state index in [0.29, 0.717) is 24.7 Å². The summed E-state index contributed by atoms with van der Waals surface area (Å²) in [6.07, 6.45) is 4.98. The van der Waals surface area contributed by atoms with Crippen molar-refractivity contribution in [1.82, 2.24) is 14.6 Å². The number of nitrogens with one attached hydrogen (secondary N) is 1. The van der Waals surface area contributed by atoms with Crippen LogP contribution in [0, 0.1) is 6.92 Å². The third kappa shape index (κ3) is 5.58. The number of aromatic nitrogens is 1. The molecule has 1 aromatic heterocycles. The molecule has 154 valence electrons. The van der Waals surface area contributed by atoms with Crippen molar-refractivity contribution in [2.24, 2.45) is 4.99 Å². The number of nitrogens with zero attached hydrogens (tertiary/aromatic N) is 4. The monoisotopic (exact) mass is 411 g/mol. The lowest BCUT2D eigenvalue weighted by Crippen LogP contribution is -2.26. The van der Waals surface area contributed by atoms with Crippen LogP contribution < -0.4 is 10.2 Å². The lowest BCUT2D eigenvalue weighted by molar-refractivity contribution is -0.108. The van der Waals surface area contributed by atoms with Gasteiger partial charge in [-0.1, -0.05) is 18.0 Å². The van der Waals surface area contributed by atoms with Crippen molar-refractivity contribution in [2.75, 3.05) is 38.3 Å². The van der Waals surface area contributed by atoms with Crippen LogP contribution in [0.1, 0.15) is 35.6 Å². The Bertz CT molecular complexity index is 879. The van der Waals surface area contributed by atoms with Gasteiger partial charge >= 0.3 is 0 Å². The van der Waals surface area contributed by atoms with Crippen LogP contribution >= 0.6 is 11.9 Å². The topological polar surface area (TPSA) is 60.8 Å². The van der Waals surface area contributed by atoms with Crippen LogP contribution in [0.2, 0.25) is 0 Å². The molecule has 6 nitrogen and oxygen atoms in total. The number of carbonyl (C=O) groups is 1. The predicted molar refractivity (Wildman–Crippen MR) is 122 cm³/mol. The first-order chi connectivity index (χ1) is 14.0. The van der Waals surface area contributed by atoms with Crippen LogP contribution in [-0.4, -0.2) is 55.0 Å². The molecule has 1 amide bonds. The zero-order valence-corrected chi connectivity index (χ0v) is 18.4. The highest BCUT2D eigenvalue weighted by Gasteiger charge is 2.25. The summed E-state index contributed by atoms with van der Waals surface area (Å²) >= 11 is 1.70. The van der Waals surface area contributed by atoms with Gasteiger partial charge in [-0.2, -0.15) is 0 Å². The van der Waals surface area contributed by atoms with Crippen molar-refractivity contribution in [2.45, 2.75) is 25.7 Å². The first-order valence-corrected chi connectivity index (χ1v) is 10.8. The molecule has 0 atom stereocenters. The smallest absolute Gasteiger partial charge is 0.212 e. The molecule has 0 radical (unpaired) electrons. The van der Waals surface area contributed by atoms with E-state index >= 15 is 0 Å². The number of anilines is 2. The third-order valence-corrected chi connectivity index (χ3v) is 5.82. The molecule has 1 heterocycles. The first-order valence-electron chi connectivity index (χ1n) is 9.85. The summed E-state index contributed by atoms with van der Waals surface area (Å²) < 4.78 is 2.05. The number of amidine groups is 1. The summed E-state index contributed by atoms with van der Waals surface area (Å²) in [6.45, 7) is 2.63. The number of amides is 1. The Morgan fingerprint density at radius 2 is 2.07 bits per heavy atom. The van der Waals surface area contributed by atoms with Crippen molar-refractivity contribution in [3.05, 3.63) is 53.3 Å². The number of benzene rings is 1. The second-order valence-corrected chi connectivity index (χ2v) is 8.75. The summed E-state index contributed by atoms with van der Waals surface area (Å²) in [5, 5.41) is 2.82. The number of pyridine rings is 1. The molecule has 1 aromatic carbocycles. The molecule has 1 aliphatic rings. The van der Waals surface area contributed by atoms with E-state index in [4.69, 9.17) is 0 Å². The zero-order chi connectivity index (χ0) is 20.8. The van der Waals surface area contributed by atoms with E-state index in [0.717, 1.165) is 28.4 Å². The zero-order valence-electron chi connectivity index (χ0n) is 17.6. The predicted octanol–water partition coefficient (Wildman–Crippen LogP) is 3.74. The summed E-state index contributed by atoms with van der Waals surface area (Å²) in [6, 6.07) is 10.5. The van der Waals surface area contributed by atoms with Gasteiger partial charge in [0.05, 0.1) is 23.6 Å². The summed E-state index contributed by atoms with van der Waals surface area (Å²) in [5.41, 5.74) is 5.28. The first kappa shape index (κ1) is 21.3. The average Bonchev–Trinajstić information content (AvgIpc) is 3.55. The highest BCUT2D eigenvalue weighted by molar-refractivity contribution is 7.97. The van der Waals surface area contributed by atoms with Crippen molar-refractivity contribution in [3.8, 4) is 0 Å². The fourth-order valence-electron chi connectivity index (χ4n) is 3.30. The van der Waals surface area contributed by atoms with E-state index in [9.17, 15) is 4.79 Å². The van der Waals surface area contributed by atoms with E-state index in [1.54, 1.807) is 18.1 Å². The standard InChI is InChI=1S/C22H29N5OS/c1-16-20(6-5-11-23-16)27(4)21-14-18(17-7-8-17)9-10-19(21)22(25-15-28)24-12-13-29-26(2)3/h5-6,9-11,14-15,17H,7-8,12-13H2,1-4H3,(H,24,25,28). The molecule has 1 aliphatic carbocycles. The summed E-state index contributed by atoms with van der Waals surface area (Å²) in [7, 11) is 6.07. The summed E-state index contributed by atoms with van der Waals surface area (Å²) in [5.74, 6) is 2.09. The number of aryl methyl sites for hydroxylation is 1. The van der Waals surface area contributed by atoms with Gasteiger partial charge in [0.2, 0.25) is 6.41 Å². The van der Waals surface area contributed by atoms with Crippen molar-refractivity contribution in [1.29, 1.82) is 0 Å². The molecule has 1 saturated carbocycles. The van der Waals surface area contributed by atoms with Gasteiger partial charge in [-0.3, -0.25) is 19.1 Å². The average molecular weight is 412 g/mol. The Hall–Kier alpha value is -2.38. The molecule has 1 fully saturated rings. The molecule has 2 aromatic rings. The Morgan fingerprint density at radius 3 is 2.72 bits per heavy atom. The fraction of sp³-hybridized carbons (Fsp3) is 0.409. The molecule has 0 unspecified atom stereocenters. The van der Waals surface area contributed by atoms with Gasteiger partial charge in [0.25, 0.3) is 0 Å². The maximum absolute atomic E-state index is 11.3. The van der Waals surface area contributed by atoms with Gasteiger partial charge in [-0.25, -0.2) is 0 Å². The highest BCUT2D eigenvalue weighted by Crippen LogP contribution is 2.42. The van der Waals surface area contributed by atoms with Crippen molar-refractivity contribution >= 4 is 35.6 Å². The maximum atomic E-state index is 11.3. The maximum Gasteiger partial charge on any atom is 0.212 e. The van der Waals surface area contributed by atoms with E-state index in [2.05, 4.69) is 48.8 Å². The molecule has 7 heteroatoms. The van der Waals surface area contributed by atoms with Crippen molar-refractivity contribution < 1.29 is 4.79 Å². The van der Waals surface area contributed by atoms with E-state index < -0.39 is 0 Å². The SMILES string of the molecule is Cc1ncccc1N(C)c1cc(C2CC2)ccc1C(=NCCSN(C)C)NC=O. The molecular weight excluding hydrogens is 382 g/mol. The fourth-order valence-corrected chi connectivity index (χ4v) is 3.84. The number of hydrogen-bond acceptors (Lipinski definition) is 6. The van der Waals surface area contributed by atoms with Crippen LogP contribution in [-0.2, 0) is 4.79 Å². The lowest BCUT2D eigenvalue weighted by Gasteiger charge is -2.25. The largest absolute Gasteiger partial charge is 0.343 e. The molecule has 0 aliphatic heterocycles. The van der Waals surface area contributed by atoms with E-state index in [-0.39, 0.29) is 0 Å². The minimum atomic E-state index is 0.602. The minimum Gasteiger partial charge on any atom is -0.343 e. The van der Waals surface area contributed by atoms with Gasteiger partial charge in [-0.05, 0) is 69.6 Å². The highest BCUT2D eigenvalue weighted by atomic mass is 32.2. The number of rotatable bonds is 9. The Kier molecular flexibility index (Phi) is 7.28. The van der Waals surface area contributed by atoms with Crippen LogP contribution in [0.3, 0.4) is 0 Å². The molecule has 29 heavy (non-hydrogen) atoms. The molecular formula is C22H29N5OS. The van der Waals surface area contributed by atoms with Crippen LogP contribution in [0.15, 0.2) is 41.5 Å². The van der Waals surface area contributed by atoms with Crippen molar-refractivity contribution in [3.63, 3.8) is 0 Å². The minimum absolute atomic E-state index is 0.602.